The van der Waals surface area contributed by atoms with Gasteiger partial charge in [0.25, 0.3) is 0 Å². The second kappa shape index (κ2) is 5.82. The molecule has 1 aromatic rings. The van der Waals surface area contributed by atoms with Crippen LogP contribution in [0.3, 0.4) is 0 Å². The molecule has 0 saturated carbocycles. The molecular weight excluding hydrogens is 220 g/mol. The van der Waals surface area contributed by atoms with E-state index < -0.39 is 8.32 Å². The zero-order valence-electron chi connectivity index (χ0n) is 10.0. The van der Waals surface area contributed by atoms with E-state index >= 15 is 0 Å². The number of benzene rings is 1. The Kier molecular flexibility index (Phi) is 4.70. The molecule has 1 aromatic carbocycles. The monoisotopic (exact) mass is 238 g/mol. The van der Waals surface area contributed by atoms with Gasteiger partial charge in [-0.15, -0.1) is 0 Å². The molecule has 0 atom stereocenters. The van der Waals surface area contributed by atoms with Gasteiger partial charge in [0.05, 0.1) is 6.61 Å². The summed E-state index contributed by atoms with van der Waals surface area (Å²) < 4.78 is 10.5. The fourth-order valence-corrected chi connectivity index (χ4v) is 1.94. The van der Waals surface area contributed by atoms with Gasteiger partial charge in [0.2, 0.25) is 8.32 Å². The minimum Gasteiger partial charge on any atom is -0.518 e. The predicted octanol–water partition coefficient (Wildman–Crippen LogP) is 2.58. The zero-order valence-corrected chi connectivity index (χ0v) is 11.0. The Morgan fingerprint density at radius 3 is 2.38 bits per heavy atom. The lowest BCUT2D eigenvalue weighted by molar-refractivity contribution is -0.140. The third-order valence-corrected chi connectivity index (χ3v) is 2.59. The van der Waals surface area contributed by atoms with Crippen LogP contribution in [0.25, 0.3) is 0 Å². The van der Waals surface area contributed by atoms with E-state index in [2.05, 4.69) is 0 Å². The summed E-state index contributed by atoms with van der Waals surface area (Å²) in [5.74, 6) is -0.268. The van der Waals surface area contributed by atoms with Crippen LogP contribution in [-0.4, -0.2) is 20.9 Å². The van der Waals surface area contributed by atoms with Crippen LogP contribution in [0.5, 0.6) is 0 Å². The molecule has 0 aliphatic carbocycles. The van der Waals surface area contributed by atoms with E-state index in [9.17, 15) is 4.79 Å². The summed E-state index contributed by atoms with van der Waals surface area (Å²) in [7, 11) is -1.78. The topological polar surface area (TPSA) is 35.5 Å². The molecule has 88 valence electrons. The largest absolute Gasteiger partial charge is 0.518 e. The van der Waals surface area contributed by atoms with Crippen molar-refractivity contribution in [3.63, 3.8) is 0 Å². The summed E-state index contributed by atoms with van der Waals surface area (Å²) in [6.45, 7) is 6.40. The van der Waals surface area contributed by atoms with Gasteiger partial charge in [-0.2, -0.15) is 0 Å². The molecule has 0 radical (unpaired) electrons. The smallest absolute Gasteiger partial charge is 0.318 e. The van der Waals surface area contributed by atoms with Gasteiger partial charge in [-0.25, -0.2) is 0 Å². The van der Waals surface area contributed by atoms with Gasteiger partial charge in [-0.3, -0.25) is 4.79 Å². The number of carbonyl (C=O) groups excluding carboxylic acids is 1. The normalized spacial score (nSPS) is 11.2. The molecule has 16 heavy (non-hydrogen) atoms. The van der Waals surface area contributed by atoms with E-state index in [4.69, 9.17) is 9.16 Å². The van der Waals surface area contributed by atoms with Crippen LogP contribution >= 0.6 is 0 Å². The first kappa shape index (κ1) is 12.9. The number of rotatable bonds is 5. The molecule has 0 unspecified atom stereocenters. The second-order valence-electron chi connectivity index (χ2n) is 4.56. The van der Waals surface area contributed by atoms with Gasteiger partial charge in [-0.1, -0.05) is 30.3 Å². The fraction of sp³-hybridized carbons (Fsp3) is 0.417. The van der Waals surface area contributed by atoms with Crippen LogP contribution in [0.15, 0.2) is 30.3 Å². The maximum atomic E-state index is 11.3. The molecule has 0 aliphatic heterocycles. The van der Waals surface area contributed by atoms with Gasteiger partial charge in [0.15, 0.2) is 0 Å². The van der Waals surface area contributed by atoms with Crippen LogP contribution in [-0.2, 0) is 20.6 Å². The number of hydrogen-bond acceptors (Lipinski definition) is 3. The Labute approximate surface area is 97.5 Å². The zero-order chi connectivity index (χ0) is 12.0. The van der Waals surface area contributed by atoms with Gasteiger partial charge in [-0.05, 0) is 25.2 Å². The molecular formula is C12H18O3Si. The summed E-state index contributed by atoms with van der Waals surface area (Å²) in [4.78, 5) is 11.3. The molecule has 0 spiro atoms. The fourth-order valence-electron chi connectivity index (χ4n) is 1.20. The van der Waals surface area contributed by atoms with Crippen LogP contribution in [0.1, 0.15) is 5.56 Å². The van der Waals surface area contributed by atoms with Crippen molar-refractivity contribution >= 4 is 14.3 Å². The highest BCUT2D eigenvalue weighted by Gasteiger charge is 2.19. The Bertz CT molecular complexity index is 330. The average Bonchev–Trinajstić information content (AvgIpc) is 2.16. The Hall–Kier alpha value is -1.13. The van der Waals surface area contributed by atoms with E-state index in [1.807, 2.05) is 50.0 Å². The minimum absolute atomic E-state index is 0.0269. The van der Waals surface area contributed by atoms with Gasteiger partial charge >= 0.3 is 5.97 Å². The van der Waals surface area contributed by atoms with Crippen molar-refractivity contribution in [1.82, 2.24) is 0 Å². The molecule has 0 heterocycles. The van der Waals surface area contributed by atoms with E-state index in [0.29, 0.717) is 6.61 Å². The Morgan fingerprint density at radius 2 is 1.81 bits per heavy atom. The number of ether oxygens (including phenoxy) is 1. The molecule has 1 rings (SSSR count). The molecule has 3 nitrogen and oxygen atoms in total. The quantitative estimate of drug-likeness (QED) is 0.740. The first-order chi connectivity index (χ1) is 7.47. The highest BCUT2D eigenvalue weighted by Crippen LogP contribution is 2.04. The first-order valence-corrected chi connectivity index (χ1v) is 8.72. The van der Waals surface area contributed by atoms with Gasteiger partial charge in [0.1, 0.15) is 6.61 Å². The molecule has 0 amide bonds. The van der Waals surface area contributed by atoms with Crippen molar-refractivity contribution in [2.75, 3.05) is 6.61 Å². The second-order valence-corrected chi connectivity index (χ2v) is 8.99. The Morgan fingerprint density at radius 1 is 1.19 bits per heavy atom. The molecule has 4 heteroatoms. The number of hydrogen-bond donors (Lipinski definition) is 0. The van der Waals surface area contributed by atoms with Crippen molar-refractivity contribution in [3.05, 3.63) is 35.9 Å². The van der Waals surface area contributed by atoms with Crippen molar-refractivity contribution in [2.24, 2.45) is 0 Å². The van der Waals surface area contributed by atoms with Gasteiger partial charge in [0, 0.05) is 0 Å². The standard InChI is InChI=1S/C12H18O3Si/c1-16(2,3)15-12(13)10-14-9-11-7-5-4-6-8-11/h4-8H,9-10H2,1-3H3. The third kappa shape index (κ3) is 5.68. The predicted molar refractivity (Wildman–Crippen MR) is 65.5 cm³/mol. The average molecular weight is 238 g/mol. The molecule has 0 aromatic heterocycles. The maximum Gasteiger partial charge on any atom is 0.318 e. The van der Waals surface area contributed by atoms with E-state index in [-0.39, 0.29) is 12.6 Å². The summed E-state index contributed by atoms with van der Waals surface area (Å²) in [6.07, 6.45) is 0. The van der Waals surface area contributed by atoms with E-state index in [1.165, 1.54) is 0 Å². The molecule has 0 aliphatic rings. The molecule has 0 saturated heterocycles. The number of carbonyl (C=O) groups is 1. The van der Waals surface area contributed by atoms with Gasteiger partial charge < -0.3 is 9.16 Å². The van der Waals surface area contributed by atoms with Crippen molar-refractivity contribution in [2.45, 2.75) is 26.2 Å². The van der Waals surface area contributed by atoms with Crippen molar-refractivity contribution in [3.8, 4) is 0 Å². The lowest BCUT2D eigenvalue weighted by Crippen LogP contribution is -2.31. The lowest BCUT2D eigenvalue weighted by atomic mass is 10.2. The molecule has 0 bridgehead atoms. The minimum atomic E-state index is -1.78. The summed E-state index contributed by atoms with van der Waals surface area (Å²) >= 11 is 0. The van der Waals surface area contributed by atoms with Crippen molar-refractivity contribution < 1.29 is 14.0 Å². The highest BCUT2D eigenvalue weighted by atomic mass is 28.4. The highest BCUT2D eigenvalue weighted by molar-refractivity contribution is 6.71. The van der Waals surface area contributed by atoms with Crippen molar-refractivity contribution in [1.29, 1.82) is 0 Å². The molecule has 0 fully saturated rings. The van der Waals surface area contributed by atoms with E-state index in [1.54, 1.807) is 0 Å². The first-order valence-electron chi connectivity index (χ1n) is 5.31. The maximum absolute atomic E-state index is 11.3. The summed E-state index contributed by atoms with van der Waals surface area (Å²) in [6, 6.07) is 9.76. The lowest BCUT2D eigenvalue weighted by Gasteiger charge is -2.17. The third-order valence-electron chi connectivity index (χ3n) is 1.75. The van der Waals surface area contributed by atoms with Crippen LogP contribution < -0.4 is 0 Å². The summed E-state index contributed by atoms with van der Waals surface area (Å²) in [5, 5.41) is 0. The van der Waals surface area contributed by atoms with Crippen LogP contribution in [0.4, 0.5) is 0 Å². The van der Waals surface area contributed by atoms with Crippen LogP contribution in [0.2, 0.25) is 19.6 Å². The van der Waals surface area contributed by atoms with Crippen LogP contribution in [0, 0.1) is 0 Å². The summed E-state index contributed by atoms with van der Waals surface area (Å²) in [5.41, 5.74) is 1.06. The van der Waals surface area contributed by atoms with E-state index in [0.717, 1.165) is 5.56 Å². The molecule has 0 N–H and O–H groups in total. The Balaban J connectivity index is 2.24. The SMILES string of the molecule is C[Si](C)(C)OC(=O)COCc1ccccc1.